The van der Waals surface area contributed by atoms with Crippen molar-refractivity contribution in [2.75, 3.05) is 27.2 Å². The van der Waals surface area contributed by atoms with E-state index in [0.717, 1.165) is 19.3 Å². The first-order valence-corrected chi connectivity index (χ1v) is 6.28. The third-order valence-electron chi connectivity index (χ3n) is 3.42. The molecule has 1 saturated carbocycles. The molecule has 2 N–H and O–H groups in total. The molecule has 0 spiro atoms. The number of rotatable bonds is 6. The highest BCUT2D eigenvalue weighted by Crippen LogP contribution is 2.27. The van der Waals surface area contributed by atoms with E-state index in [2.05, 4.69) is 5.32 Å². The largest absolute Gasteiger partial charge is 0.481 e. The molecule has 1 rings (SSSR count). The van der Waals surface area contributed by atoms with E-state index in [4.69, 9.17) is 9.84 Å². The van der Waals surface area contributed by atoms with Crippen LogP contribution in [0.5, 0.6) is 0 Å². The minimum Gasteiger partial charge on any atom is -0.481 e. The highest BCUT2D eigenvalue weighted by Gasteiger charge is 2.27. The van der Waals surface area contributed by atoms with Crippen LogP contribution in [0.2, 0.25) is 0 Å². The third kappa shape index (κ3) is 4.52. The first-order valence-electron chi connectivity index (χ1n) is 6.28. The lowest BCUT2D eigenvalue weighted by atomic mass is 10.1. The van der Waals surface area contributed by atoms with E-state index in [9.17, 15) is 9.59 Å². The standard InChI is InChI=1S/C12H22N2O4/c1-14(7-6-11(15)16)12(17)13-8-9-4-3-5-10(9)18-2/h9-10H,3-8H2,1-2H3,(H,13,17)(H,15,16). The van der Waals surface area contributed by atoms with Gasteiger partial charge in [-0.25, -0.2) is 4.79 Å². The molecule has 6 heteroatoms. The number of amides is 2. The van der Waals surface area contributed by atoms with E-state index < -0.39 is 5.97 Å². The van der Waals surface area contributed by atoms with E-state index in [1.807, 2.05) is 0 Å². The second-order valence-electron chi connectivity index (χ2n) is 4.72. The number of urea groups is 1. The summed E-state index contributed by atoms with van der Waals surface area (Å²) in [4.78, 5) is 23.5. The number of carbonyl (C=O) groups is 2. The highest BCUT2D eigenvalue weighted by atomic mass is 16.5. The number of carboxylic acid groups (broad SMARTS) is 1. The molecule has 18 heavy (non-hydrogen) atoms. The number of carbonyl (C=O) groups excluding carboxylic acids is 1. The van der Waals surface area contributed by atoms with Crippen LogP contribution in [0.4, 0.5) is 4.79 Å². The summed E-state index contributed by atoms with van der Waals surface area (Å²) in [5.74, 6) is -0.531. The lowest BCUT2D eigenvalue weighted by molar-refractivity contribution is -0.137. The van der Waals surface area contributed by atoms with Crippen LogP contribution < -0.4 is 5.32 Å². The van der Waals surface area contributed by atoms with Gasteiger partial charge in [0, 0.05) is 33.2 Å². The van der Waals surface area contributed by atoms with Crippen LogP contribution in [0.3, 0.4) is 0 Å². The fourth-order valence-electron chi connectivity index (χ4n) is 2.26. The summed E-state index contributed by atoms with van der Waals surface area (Å²) in [6, 6.07) is -0.224. The fraction of sp³-hybridized carbons (Fsp3) is 0.833. The van der Waals surface area contributed by atoms with Crippen molar-refractivity contribution < 1.29 is 19.4 Å². The summed E-state index contributed by atoms with van der Waals surface area (Å²) in [5.41, 5.74) is 0. The Morgan fingerprint density at radius 2 is 2.17 bits per heavy atom. The summed E-state index contributed by atoms with van der Waals surface area (Å²) < 4.78 is 5.35. The van der Waals surface area contributed by atoms with E-state index in [-0.39, 0.29) is 25.1 Å². The Labute approximate surface area is 107 Å². The fourth-order valence-corrected chi connectivity index (χ4v) is 2.26. The van der Waals surface area contributed by atoms with Crippen LogP contribution >= 0.6 is 0 Å². The number of ether oxygens (including phenoxy) is 1. The van der Waals surface area contributed by atoms with Gasteiger partial charge in [-0.05, 0) is 12.8 Å². The highest BCUT2D eigenvalue weighted by molar-refractivity contribution is 5.74. The van der Waals surface area contributed by atoms with Crippen LogP contribution in [0.25, 0.3) is 0 Å². The van der Waals surface area contributed by atoms with Gasteiger partial charge in [-0.3, -0.25) is 4.79 Å². The van der Waals surface area contributed by atoms with E-state index in [0.29, 0.717) is 12.5 Å². The third-order valence-corrected chi connectivity index (χ3v) is 3.42. The van der Waals surface area contributed by atoms with Gasteiger partial charge in [-0.1, -0.05) is 6.42 Å². The van der Waals surface area contributed by atoms with Gasteiger partial charge in [0.2, 0.25) is 0 Å². The molecule has 0 radical (unpaired) electrons. The first kappa shape index (κ1) is 14.8. The SMILES string of the molecule is COC1CCCC1CNC(=O)N(C)CCC(=O)O. The van der Waals surface area contributed by atoms with Crippen molar-refractivity contribution in [3.63, 3.8) is 0 Å². The number of aliphatic carboxylic acids is 1. The van der Waals surface area contributed by atoms with Crippen molar-refractivity contribution in [1.29, 1.82) is 0 Å². The van der Waals surface area contributed by atoms with Gasteiger partial charge in [0.15, 0.2) is 0 Å². The van der Waals surface area contributed by atoms with Crippen molar-refractivity contribution >= 4 is 12.0 Å². The molecular weight excluding hydrogens is 236 g/mol. The van der Waals surface area contributed by atoms with Crippen molar-refractivity contribution in [2.24, 2.45) is 5.92 Å². The monoisotopic (exact) mass is 258 g/mol. The summed E-state index contributed by atoms with van der Waals surface area (Å²) in [5, 5.41) is 11.4. The van der Waals surface area contributed by atoms with E-state index >= 15 is 0 Å². The number of hydrogen-bond donors (Lipinski definition) is 2. The molecule has 0 heterocycles. The maximum Gasteiger partial charge on any atom is 0.317 e. The van der Waals surface area contributed by atoms with E-state index in [1.54, 1.807) is 14.2 Å². The second-order valence-corrected chi connectivity index (χ2v) is 4.72. The Kier molecular flexibility index (Phi) is 5.91. The molecule has 104 valence electrons. The Balaban J connectivity index is 2.25. The van der Waals surface area contributed by atoms with Crippen LogP contribution in [0.15, 0.2) is 0 Å². The van der Waals surface area contributed by atoms with Gasteiger partial charge >= 0.3 is 12.0 Å². The number of hydrogen-bond acceptors (Lipinski definition) is 3. The van der Waals surface area contributed by atoms with Gasteiger partial charge in [0.1, 0.15) is 0 Å². The van der Waals surface area contributed by atoms with E-state index in [1.165, 1.54) is 4.90 Å². The Morgan fingerprint density at radius 1 is 1.44 bits per heavy atom. The van der Waals surface area contributed by atoms with Crippen LogP contribution in [-0.2, 0) is 9.53 Å². The number of nitrogens with zero attached hydrogens (tertiary/aromatic N) is 1. The number of nitrogens with one attached hydrogen (secondary N) is 1. The molecule has 1 aliphatic carbocycles. The van der Waals surface area contributed by atoms with Crippen molar-refractivity contribution in [1.82, 2.24) is 10.2 Å². The molecule has 1 fully saturated rings. The average Bonchev–Trinajstić information content (AvgIpc) is 2.80. The van der Waals surface area contributed by atoms with Crippen molar-refractivity contribution in [3.8, 4) is 0 Å². The lowest BCUT2D eigenvalue weighted by Crippen LogP contribution is -2.41. The minimum atomic E-state index is -0.898. The zero-order valence-electron chi connectivity index (χ0n) is 11.0. The maximum atomic E-state index is 11.7. The van der Waals surface area contributed by atoms with Crippen molar-refractivity contribution in [3.05, 3.63) is 0 Å². The van der Waals surface area contributed by atoms with Gasteiger partial charge in [-0.15, -0.1) is 0 Å². The Bertz CT molecular complexity index is 296. The molecule has 0 aromatic carbocycles. The maximum absolute atomic E-state index is 11.7. The normalized spacial score (nSPS) is 22.8. The smallest absolute Gasteiger partial charge is 0.317 e. The number of methoxy groups -OCH3 is 1. The van der Waals surface area contributed by atoms with Gasteiger partial charge in [-0.2, -0.15) is 0 Å². The summed E-state index contributed by atoms with van der Waals surface area (Å²) in [7, 11) is 3.30. The molecule has 0 bridgehead atoms. The lowest BCUT2D eigenvalue weighted by Gasteiger charge is -2.21. The molecule has 0 aliphatic heterocycles. The summed E-state index contributed by atoms with van der Waals surface area (Å²) >= 11 is 0. The van der Waals surface area contributed by atoms with Crippen LogP contribution in [0.1, 0.15) is 25.7 Å². The predicted octanol–water partition coefficient (Wildman–Crippen LogP) is 0.918. The first-order chi connectivity index (χ1) is 8.54. The molecule has 2 amide bonds. The molecule has 2 atom stereocenters. The zero-order valence-corrected chi connectivity index (χ0v) is 11.0. The molecule has 6 nitrogen and oxygen atoms in total. The number of carboxylic acids is 1. The average molecular weight is 258 g/mol. The van der Waals surface area contributed by atoms with Crippen molar-refractivity contribution in [2.45, 2.75) is 31.8 Å². The van der Waals surface area contributed by atoms with Gasteiger partial charge in [0.25, 0.3) is 0 Å². The van der Waals surface area contributed by atoms with Crippen LogP contribution in [0, 0.1) is 5.92 Å². The molecular formula is C12H22N2O4. The molecule has 0 aromatic heterocycles. The molecule has 1 aliphatic rings. The molecule has 2 unspecified atom stereocenters. The summed E-state index contributed by atoms with van der Waals surface area (Å²) in [6.45, 7) is 0.814. The predicted molar refractivity (Wildman–Crippen MR) is 66.4 cm³/mol. The minimum absolute atomic E-state index is 0.0337. The van der Waals surface area contributed by atoms with Crippen LogP contribution in [-0.4, -0.2) is 55.4 Å². The molecule has 0 aromatic rings. The quantitative estimate of drug-likeness (QED) is 0.742. The zero-order chi connectivity index (χ0) is 13.5. The second kappa shape index (κ2) is 7.20. The topological polar surface area (TPSA) is 78.9 Å². The molecule has 0 saturated heterocycles. The van der Waals surface area contributed by atoms with Gasteiger partial charge < -0.3 is 20.1 Å². The Hall–Kier alpha value is -1.30. The van der Waals surface area contributed by atoms with Gasteiger partial charge in [0.05, 0.1) is 12.5 Å². The Morgan fingerprint density at radius 3 is 2.78 bits per heavy atom. The summed E-state index contributed by atoms with van der Waals surface area (Å²) in [6.07, 6.45) is 3.44.